The Morgan fingerprint density at radius 3 is 1.88 bits per heavy atom. The standard InChI is InChI=1S/C7H9Cl/c8-7-3-1-4-5(2-3)6(4)7/h3-7H,1-2H2. The molecule has 0 saturated heterocycles. The second-order valence-electron chi connectivity index (χ2n) is 3.58. The molecule has 3 unspecified atom stereocenters. The van der Waals surface area contributed by atoms with Gasteiger partial charge in [0.25, 0.3) is 0 Å². The van der Waals surface area contributed by atoms with Gasteiger partial charge in [-0.25, -0.2) is 0 Å². The smallest absolute Gasteiger partial charge is 0.0398 e. The highest BCUT2D eigenvalue weighted by molar-refractivity contribution is 6.21. The van der Waals surface area contributed by atoms with Gasteiger partial charge in [0.1, 0.15) is 0 Å². The first-order chi connectivity index (χ1) is 3.88. The third-order valence-electron chi connectivity index (χ3n) is 3.37. The zero-order valence-corrected chi connectivity index (χ0v) is 5.43. The third-order valence-corrected chi connectivity index (χ3v) is 4.01. The van der Waals surface area contributed by atoms with Crippen molar-refractivity contribution in [3.8, 4) is 0 Å². The van der Waals surface area contributed by atoms with Crippen LogP contribution in [0.5, 0.6) is 0 Å². The first-order valence-electron chi connectivity index (χ1n) is 3.52. The zero-order chi connectivity index (χ0) is 5.30. The maximum absolute atomic E-state index is 6.10. The maximum atomic E-state index is 6.10. The molecule has 4 rings (SSSR count). The molecule has 0 spiro atoms. The summed E-state index contributed by atoms with van der Waals surface area (Å²) in [6.45, 7) is 0. The summed E-state index contributed by atoms with van der Waals surface area (Å²) >= 11 is 6.10. The van der Waals surface area contributed by atoms with Crippen LogP contribution in [0.15, 0.2) is 0 Å². The van der Waals surface area contributed by atoms with Gasteiger partial charge in [0.2, 0.25) is 0 Å². The van der Waals surface area contributed by atoms with Gasteiger partial charge in [-0.3, -0.25) is 0 Å². The molecule has 4 bridgehead atoms. The topological polar surface area (TPSA) is 0 Å². The van der Waals surface area contributed by atoms with Gasteiger partial charge in [0, 0.05) is 5.38 Å². The lowest BCUT2D eigenvalue weighted by Crippen LogP contribution is -2.01. The molecule has 4 saturated carbocycles. The Kier molecular flexibility index (Phi) is 0.502. The Bertz CT molecular complexity index is 129. The van der Waals surface area contributed by atoms with Gasteiger partial charge in [0.05, 0.1) is 0 Å². The van der Waals surface area contributed by atoms with Crippen LogP contribution in [0.3, 0.4) is 0 Å². The summed E-state index contributed by atoms with van der Waals surface area (Å²) in [6, 6.07) is 0. The van der Waals surface area contributed by atoms with E-state index < -0.39 is 0 Å². The minimum atomic E-state index is 0.602. The predicted molar refractivity (Wildman–Crippen MR) is 32.8 cm³/mol. The van der Waals surface area contributed by atoms with Crippen LogP contribution in [-0.4, -0.2) is 5.38 Å². The fourth-order valence-electron chi connectivity index (χ4n) is 2.98. The van der Waals surface area contributed by atoms with Crippen molar-refractivity contribution in [2.75, 3.05) is 0 Å². The van der Waals surface area contributed by atoms with Crippen molar-refractivity contribution in [3.05, 3.63) is 0 Å². The number of rotatable bonds is 0. The van der Waals surface area contributed by atoms with Gasteiger partial charge in [-0.05, 0) is 36.5 Å². The summed E-state index contributed by atoms with van der Waals surface area (Å²) in [5.74, 6) is 4.13. The molecule has 0 aromatic rings. The van der Waals surface area contributed by atoms with Gasteiger partial charge in [0.15, 0.2) is 0 Å². The average Bonchev–Trinajstić information content (AvgIpc) is 2.23. The van der Waals surface area contributed by atoms with Crippen molar-refractivity contribution < 1.29 is 0 Å². The van der Waals surface area contributed by atoms with E-state index in [1.165, 1.54) is 12.8 Å². The number of halogens is 1. The highest BCUT2D eigenvalue weighted by Crippen LogP contribution is 2.71. The molecule has 4 aliphatic carbocycles. The third kappa shape index (κ3) is 0.255. The van der Waals surface area contributed by atoms with E-state index >= 15 is 0 Å². The molecule has 3 atom stereocenters. The first kappa shape index (κ1) is 4.16. The molecule has 1 heteroatoms. The van der Waals surface area contributed by atoms with E-state index in [-0.39, 0.29) is 0 Å². The molecule has 0 nitrogen and oxygen atoms in total. The SMILES string of the molecule is ClC1C2CC3C(C2)C13. The minimum absolute atomic E-state index is 0.602. The Balaban J connectivity index is 2.10. The van der Waals surface area contributed by atoms with Crippen molar-refractivity contribution in [3.63, 3.8) is 0 Å². The zero-order valence-electron chi connectivity index (χ0n) is 4.68. The first-order valence-corrected chi connectivity index (χ1v) is 3.95. The lowest BCUT2D eigenvalue weighted by Gasteiger charge is -2.01. The molecule has 0 amide bonds. The molecule has 0 N–H and O–H groups in total. The van der Waals surface area contributed by atoms with Crippen LogP contribution >= 0.6 is 11.6 Å². The van der Waals surface area contributed by atoms with E-state index in [0.29, 0.717) is 5.38 Å². The molecule has 0 aromatic heterocycles. The molecule has 4 aliphatic rings. The highest BCUT2D eigenvalue weighted by atomic mass is 35.5. The minimum Gasteiger partial charge on any atom is -0.122 e. The number of alkyl halides is 1. The summed E-state index contributed by atoms with van der Waals surface area (Å²) < 4.78 is 0. The van der Waals surface area contributed by atoms with Crippen LogP contribution in [0.4, 0.5) is 0 Å². The summed E-state index contributed by atoms with van der Waals surface area (Å²) in [5.41, 5.74) is 0. The fraction of sp³-hybridized carbons (Fsp3) is 1.00. The summed E-state index contributed by atoms with van der Waals surface area (Å²) in [6.07, 6.45) is 2.95. The average molecular weight is 129 g/mol. The van der Waals surface area contributed by atoms with Gasteiger partial charge in [-0.2, -0.15) is 0 Å². The Morgan fingerprint density at radius 2 is 1.75 bits per heavy atom. The fourth-order valence-corrected chi connectivity index (χ4v) is 3.56. The summed E-state index contributed by atoms with van der Waals surface area (Å²) in [5, 5.41) is 0.602. The van der Waals surface area contributed by atoms with E-state index in [4.69, 9.17) is 11.6 Å². The van der Waals surface area contributed by atoms with Crippen LogP contribution in [-0.2, 0) is 0 Å². The molecule has 4 fully saturated rings. The van der Waals surface area contributed by atoms with Crippen LogP contribution in [0, 0.1) is 23.7 Å². The van der Waals surface area contributed by atoms with E-state index in [0.717, 1.165) is 23.7 Å². The molecule has 44 valence electrons. The predicted octanol–water partition coefficient (Wildman–Crippen LogP) is 1.88. The van der Waals surface area contributed by atoms with Gasteiger partial charge < -0.3 is 0 Å². The Labute approximate surface area is 54.2 Å². The molecule has 0 aliphatic heterocycles. The normalized spacial score (nSPS) is 73.9. The second kappa shape index (κ2) is 0.965. The van der Waals surface area contributed by atoms with Crippen molar-refractivity contribution >= 4 is 11.6 Å². The monoisotopic (exact) mass is 128 g/mol. The summed E-state index contributed by atoms with van der Waals surface area (Å²) in [7, 11) is 0. The van der Waals surface area contributed by atoms with Crippen LogP contribution in [0.2, 0.25) is 0 Å². The molecule has 0 aromatic carbocycles. The second-order valence-corrected chi connectivity index (χ2v) is 4.08. The molecular weight excluding hydrogens is 120 g/mol. The van der Waals surface area contributed by atoms with Gasteiger partial charge in [-0.1, -0.05) is 0 Å². The molecule has 0 heterocycles. The van der Waals surface area contributed by atoms with Gasteiger partial charge in [-0.15, -0.1) is 11.6 Å². The Morgan fingerprint density at radius 1 is 1.12 bits per heavy atom. The van der Waals surface area contributed by atoms with Crippen molar-refractivity contribution in [1.29, 1.82) is 0 Å². The van der Waals surface area contributed by atoms with Crippen molar-refractivity contribution in [2.24, 2.45) is 23.7 Å². The quantitative estimate of drug-likeness (QED) is 0.437. The maximum Gasteiger partial charge on any atom is 0.0398 e. The number of hydrogen-bond donors (Lipinski definition) is 0. The summed E-state index contributed by atoms with van der Waals surface area (Å²) in [4.78, 5) is 0. The number of hydrogen-bond acceptors (Lipinski definition) is 0. The highest BCUT2D eigenvalue weighted by Gasteiger charge is 2.67. The largest absolute Gasteiger partial charge is 0.122 e. The van der Waals surface area contributed by atoms with E-state index in [1.807, 2.05) is 0 Å². The van der Waals surface area contributed by atoms with Crippen LogP contribution in [0.1, 0.15) is 12.8 Å². The molecule has 8 heavy (non-hydrogen) atoms. The van der Waals surface area contributed by atoms with E-state index in [2.05, 4.69) is 0 Å². The van der Waals surface area contributed by atoms with Crippen LogP contribution in [0.25, 0.3) is 0 Å². The van der Waals surface area contributed by atoms with Crippen LogP contribution < -0.4 is 0 Å². The van der Waals surface area contributed by atoms with Gasteiger partial charge >= 0.3 is 0 Å². The molecular formula is C7H9Cl. The lowest BCUT2D eigenvalue weighted by atomic mass is 10.1. The lowest BCUT2D eigenvalue weighted by molar-refractivity contribution is 0.610. The Hall–Kier alpha value is 0.290. The van der Waals surface area contributed by atoms with Crippen molar-refractivity contribution in [2.45, 2.75) is 18.2 Å². The van der Waals surface area contributed by atoms with E-state index in [1.54, 1.807) is 0 Å². The molecule has 0 radical (unpaired) electrons. The van der Waals surface area contributed by atoms with Crippen molar-refractivity contribution in [1.82, 2.24) is 0 Å². The van der Waals surface area contributed by atoms with E-state index in [9.17, 15) is 0 Å².